The van der Waals surface area contributed by atoms with Crippen LogP contribution in [0.2, 0.25) is 0 Å². The number of methoxy groups -OCH3 is 2. The quantitative estimate of drug-likeness (QED) is 0.766. The number of terminal acetylenes is 1. The Labute approximate surface area is 96.8 Å². The Balaban J connectivity index is 2.79. The van der Waals surface area contributed by atoms with Crippen molar-refractivity contribution in [3.63, 3.8) is 0 Å². The average molecular weight is 219 g/mol. The first kappa shape index (κ1) is 12.4. The summed E-state index contributed by atoms with van der Waals surface area (Å²) in [5.74, 6) is 4.26. The zero-order valence-corrected chi connectivity index (χ0v) is 9.91. The highest BCUT2D eigenvalue weighted by Crippen LogP contribution is 2.23. The van der Waals surface area contributed by atoms with E-state index in [9.17, 15) is 0 Å². The van der Waals surface area contributed by atoms with E-state index in [2.05, 4.69) is 11.2 Å². The van der Waals surface area contributed by atoms with E-state index in [-0.39, 0.29) is 6.04 Å². The molecule has 0 amide bonds. The highest BCUT2D eigenvalue weighted by atomic mass is 16.5. The van der Waals surface area contributed by atoms with Crippen LogP contribution in [-0.4, -0.2) is 20.3 Å². The Hall–Kier alpha value is -1.66. The molecular weight excluding hydrogens is 202 g/mol. The van der Waals surface area contributed by atoms with Crippen LogP contribution in [0.25, 0.3) is 0 Å². The number of benzene rings is 1. The smallest absolute Gasteiger partial charge is 0.123 e. The van der Waals surface area contributed by atoms with Gasteiger partial charge in [-0.1, -0.05) is 5.92 Å². The molecule has 1 rings (SSSR count). The molecule has 0 aromatic heterocycles. The summed E-state index contributed by atoms with van der Waals surface area (Å²) in [6.45, 7) is 2.60. The summed E-state index contributed by atoms with van der Waals surface area (Å²) < 4.78 is 10.4. The lowest BCUT2D eigenvalue weighted by molar-refractivity contribution is 0.396. The Kier molecular flexibility index (Phi) is 4.68. The molecule has 0 saturated carbocycles. The molecule has 0 fully saturated rings. The van der Waals surface area contributed by atoms with Gasteiger partial charge < -0.3 is 9.47 Å². The lowest BCUT2D eigenvalue weighted by Gasteiger charge is -2.12. The van der Waals surface area contributed by atoms with Crippen LogP contribution in [0.3, 0.4) is 0 Å². The maximum atomic E-state index is 5.29. The monoisotopic (exact) mass is 219 g/mol. The van der Waals surface area contributed by atoms with Gasteiger partial charge in [0.05, 0.1) is 20.3 Å². The van der Waals surface area contributed by atoms with Gasteiger partial charge in [-0.3, -0.25) is 5.32 Å². The molecule has 0 aliphatic rings. The summed E-state index contributed by atoms with van der Waals surface area (Å²) in [7, 11) is 3.29. The highest BCUT2D eigenvalue weighted by molar-refractivity contribution is 5.40. The summed E-state index contributed by atoms with van der Waals surface area (Å²) in [6, 6.07) is 5.73. The molecule has 0 spiro atoms. The molecule has 0 heterocycles. The van der Waals surface area contributed by atoms with E-state index in [1.54, 1.807) is 14.2 Å². The minimum atomic E-state index is 0.0379. The van der Waals surface area contributed by atoms with Gasteiger partial charge in [0, 0.05) is 12.1 Å². The van der Waals surface area contributed by atoms with Crippen molar-refractivity contribution in [3.8, 4) is 23.8 Å². The predicted molar refractivity (Wildman–Crippen MR) is 64.7 cm³/mol. The molecule has 3 nitrogen and oxygen atoms in total. The van der Waals surface area contributed by atoms with Crippen LogP contribution >= 0.6 is 0 Å². The Morgan fingerprint density at radius 2 is 2.12 bits per heavy atom. The fraction of sp³-hybridized carbons (Fsp3) is 0.385. The van der Waals surface area contributed by atoms with Gasteiger partial charge in [0.1, 0.15) is 11.5 Å². The number of hydrogen-bond acceptors (Lipinski definition) is 3. The summed E-state index contributed by atoms with van der Waals surface area (Å²) >= 11 is 0. The van der Waals surface area contributed by atoms with Crippen LogP contribution in [0.1, 0.15) is 12.5 Å². The van der Waals surface area contributed by atoms with Crippen molar-refractivity contribution in [2.75, 3.05) is 14.2 Å². The lowest BCUT2D eigenvalue weighted by atomic mass is 10.1. The van der Waals surface area contributed by atoms with Crippen molar-refractivity contribution in [2.24, 2.45) is 0 Å². The fourth-order valence-electron chi connectivity index (χ4n) is 1.34. The van der Waals surface area contributed by atoms with E-state index >= 15 is 0 Å². The molecule has 1 aromatic rings. The first-order chi connectivity index (χ1) is 7.71. The number of hydrogen-bond donors (Lipinski definition) is 1. The number of ether oxygens (including phenoxy) is 2. The van der Waals surface area contributed by atoms with Crippen LogP contribution in [-0.2, 0) is 6.54 Å². The second-order valence-electron chi connectivity index (χ2n) is 3.45. The van der Waals surface area contributed by atoms with Gasteiger partial charge in [-0.05, 0) is 25.1 Å². The molecule has 0 bridgehead atoms. The van der Waals surface area contributed by atoms with Crippen molar-refractivity contribution < 1.29 is 9.47 Å². The first-order valence-corrected chi connectivity index (χ1v) is 5.11. The third-order valence-electron chi connectivity index (χ3n) is 2.34. The average Bonchev–Trinajstić information content (AvgIpc) is 2.35. The zero-order valence-electron chi connectivity index (χ0n) is 9.91. The van der Waals surface area contributed by atoms with Gasteiger partial charge >= 0.3 is 0 Å². The molecule has 16 heavy (non-hydrogen) atoms. The standard InChI is InChI=1S/C13H17NO2/c1-5-10(2)14-9-11-8-12(15-3)6-7-13(11)16-4/h1,6-8,10,14H,9H2,2-4H3. The Morgan fingerprint density at radius 1 is 1.38 bits per heavy atom. The van der Waals surface area contributed by atoms with Crippen molar-refractivity contribution in [3.05, 3.63) is 23.8 Å². The Morgan fingerprint density at radius 3 is 2.69 bits per heavy atom. The minimum absolute atomic E-state index is 0.0379. The van der Waals surface area contributed by atoms with E-state index in [4.69, 9.17) is 15.9 Å². The van der Waals surface area contributed by atoms with Gasteiger partial charge in [-0.15, -0.1) is 6.42 Å². The first-order valence-electron chi connectivity index (χ1n) is 5.11. The van der Waals surface area contributed by atoms with E-state index in [1.165, 1.54) is 0 Å². The predicted octanol–water partition coefficient (Wildman–Crippen LogP) is 1.82. The van der Waals surface area contributed by atoms with Crippen molar-refractivity contribution >= 4 is 0 Å². The van der Waals surface area contributed by atoms with Gasteiger partial charge in [0.25, 0.3) is 0 Å². The summed E-state index contributed by atoms with van der Waals surface area (Å²) in [5, 5.41) is 3.20. The third-order valence-corrected chi connectivity index (χ3v) is 2.34. The largest absolute Gasteiger partial charge is 0.497 e. The van der Waals surface area contributed by atoms with Crippen LogP contribution in [0.4, 0.5) is 0 Å². The molecular formula is C13H17NO2. The van der Waals surface area contributed by atoms with Crippen molar-refractivity contribution in [1.82, 2.24) is 5.32 Å². The third kappa shape index (κ3) is 3.18. The molecule has 1 atom stereocenters. The summed E-state index contributed by atoms with van der Waals surface area (Å²) in [5.41, 5.74) is 1.03. The molecule has 0 radical (unpaired) electrons. The van der Waals surface area contributed by atoms with Crippen LogP contribution in [0, 0.1) is 12.3 Å². The van der Waals surface area contributed by atoms with Gasteiger partial charge in [0.15, 0.2) is 0 Å². The molecule has 1 aromatic carbocycles. The molecule has 1 unspecified atom stereocenters. The highest BCUT2D eigenvalue weighted by Gasteiger charge is 2.05. The zero-order chi connectivity index (χ0) is 12.0. The molecule has 0 saturated heterocycles. The number of rotatable bonds is 5. The number of nitrogens with one attached hydrogen (secondary N) is 1. The van der Waals surface area contributed by atoms with E-state index < -0.39 is 0 Å². The van der Waals surface area contributed by atoms with Gasteiger partial charge in [-0.2, -0.15) is 0 Å². The minimum Gasteiger partial charge on any atom is -0.497 e. The summed E-state index contributed by atoms with van der Waals surface area (Å²) in [4.78, 5) is 0. The molecule has 0 aliphatic carbocycles. The second-order valence-corrected chi connectivity index (χ2v) is 3.45. The maximum Gasteiger partial charge on any atom is 0.123 e. The second kappa shape index (κ2) is 6.04. The van der Waals surface area contributed by atoms with Crippen LogP contribution < -0.4 is 14.8 Å². The molecule has 86 valence electrons. The topological polar surface area (TPSA) is 30.5 Å². The van der Waals surface area contributed by atoms with Gasteiger partial charge in [-0.25, -0.2) is 0 Å². The van der Waals surface area contributed by atoms with Gasteiger partial charge in [0.2, 0.25) is 0 Å². The SMILES string of the molecule is C#CC(C)NCc1cc(OC)ccc1OC. The molecule has 3 heteroatoms. The molecule has 0 aliphatic heterocycles. The van der Waals surface area contributed by atoms with E-state index in [0.29, 0.717) is 6.54 Å². The van der Waals surface area contributed by atoms with Crippen molar-refractivity contribution in [2.45, 2.75) is 19.5 Å². The maximum absolute atomic E-state index is 5.29. The van der Waals surface area contributed by atoms with E-state index in [1.807, 2.05) is 25.1 Å². The molecule has 1 N–H and O–H groups in total. The Bertz CT molecular complexity index is 382. The lowest BCUT2D eigenvalue weighted by Crippen LogP contribution is -2.23. The fourth-order valence-corrected chi connectivity index (χ4v) is 1.34. The summed E-state index contributed by atoms with van der Waals surface area (Å²) in [6.07, 6.45) is 5.29. The normalized spacial score (nSPS) is 11.6. The van der Waals surface area contributed by atoms with Crippen LogP contribution in [0.15, 0.2) is 18.2 Å². The van der Waals surface area contributed by atoms with E-state index in [0.717, 1.165) is 17.1 Å². The van der Waals surface area contributed by atoms with Crippen LogP contribution in [0.5, 0.6) is 11.5 Å². The van der Waals surface area contributed by atoms with Crippen molar-refractivity contribution in [1.29, 1.82) is 0 Å².